The first-order valence-electron chi connectivity index (χ1n) is 6.28. The largest absolute Gasteiger partial charge is 0.487 e. The molecule has 0 saturated heterocycles. The number of rotatable bonds is 5. The van der Waals surface area contributed by atoms with E-state index in [1.165, 1.54) is 0 Å². The van der Waals surface area contributed by atoms with Crippen molar-refractivity contribution in [1.82, 2.24) is 9.78 Å². The minimum absolute atomic E-state index is 0.431. The summed E-state index contributed by atoms with van der Waals surface area (Å²) < 4.78 is 7.68. The van der Waals surface area contributed by atoms with E-state index in [0.717, 1.165) is 29.2 Å². The third kappa shape index (κ3) is 3.28. The maximum atomic E-state index is 6.10. The number of hydrogen-bond donors (Lipinski definition) is 1. The van der Waals surface area contributed by atoms with Crippen molar-refractivity contribution in [2.75, 3.05) is 0 Å². The lowest BCUT2D eigenvalue weighted by Crippen LogP contribution is -2.06. The maximum Gasteiger partial charge on any atom is 0.130 e. The molecule has 1 heterocycles. The Kier molecular flexibility index (Phi) is 4.45. The molecule has 0 saturated carbocycles. The first-order chi connectivity index (χ1) is 9.13. The fourth-order valence-corrected chi connectivity index (χ4v) is 2.18. The lowest BCUT2D eigenvalue weighted by atomic mass is 10.2. The fraction of sp³-hybridized carbons (Fsp3) is 0.357. The van der Waals surface area contributed by atoms with E-state index in [2.05, 4.69) is 12.0 Å². The highest BCUT2D eigenvalue weighted by molar-refractivity contribution is 6.31. The lowest BCUT2D eigenvalue weighted by molar-refractivity contribution is 0.292. The first-order valence-corrected chi connectivity index (χ1v) is 6.66. The molecule has 0 bridgehead atoms. The van der Waals surface area contributed by atoms with Gasteiger partial charge in [0.2, 0.25) is 0 Å². The van der Waals surface area contributed by atoms with E-state index in [4.69, 9.17) is 22.1 Å². The van der Waals surface area contributed by atoms with Crippen LogP contribution in [0.5, 0.6) is 5.75 Å². The summed E-state index contributed by atoms with van der Waals surface area (Å²) in [6, 6.07) is 7.59. The van der Waals surface area contributed by atoms with Gasteiger partial charge in [-0.3, -0.25) is 4.68 Å². The summed E-state index contributed by atoms with van der Waals surface area (Å²) in [6.07, 6.45) is 0. The van der Waals surface area contributed by atoms with Gasteiger partial charge in [0.05, 0.1) is 11.4 Å². The minimum atomic E-state index is 0.431. The smallest absolute Gasteiger partial charge is 0.130 e. The number of nitrogens with zero attached hydrogens (tertiary/aromatic N) is 2. The number of aromatic nitrogens is 2. The third-order valence-corrected chi connectivity index (χ3v) is 3.27. The van der Waals surface area contributed by atoms with E-state index < -0.39 is 0 Å². The van der Waals surface area contributed by atoms with Gasteiger partial charge in [0, 0.05) is 18.1 Å². The van der Waals surface area contributed by atoms with E-state index >= 15 is 0 Å². The molecule has 1 aromatic heterocycles. The van der Waals surface area contributed by atoms with Crippen molar-refractivity contribution in [2.45, 2.75) is 33.5 Å². The van der Waals surface area contributed by atoms with Gasteiger partial charge in [-0.2, -0.15) is 5.10 Å². The van der Waals surface area contributed by atoms with Crippen molar-refractivity contribution in [3.8, 4) is 5.75 Å². The Morgan fingerprint density at radius 2 is 2.16 bits per heavy atom. The molecule has 1 aromatic carbocycles. The van der Waals surface area contributed by atoms with E-state index in [-0.39, 0.29) is 0 Å². The van der Waals surface area contributed by atoms with Gasteiger partial charge >= 0.3 is 0 Å². The minimum Gasteiger partial charge on any atom is -0.487 e. The Bertz CT molecular complexity index is 566. The van der Waals surface area contributed by atoms with Gasteiger partial charge < -0.3 is 10.5 Å². The van der Waals surface area contributed by atoms with Gasteiger partial charge in [-0.05, 0) is 37.6 Å². The molecule has 2 aromatic rings. The normalized spacial score (nSPS) is 10.7. The van der Waals surface area contributed by atoms with Gasteiger partial charge in [-0.25, -0.2) is 0 Å². The summed E-state index contributed by atoms with van der Waals surface area (Å²) in [4.78, 5) is 0. The average molecular weight is 280 g/mol. The molecule has 4 nitrogen and oxygen atoms in total. The third-order valence-electron chi connectivity index (χ3n) is 2.92. The van der Waals surface area contributed by atoms with Crippen LogP contribution in [0.3, 0.4) is 0 Å². The van der Waals surface area contributed by atoms with Crippen molar-refractivity contribution in [1.29, 1.82) is 0 Å². The van der Waals surface area contributed by atoms with E-state index in [0.29, 0.717) is 18.2 Å². The van der Waals surface area contributed by atoms with Crippen LogP contribution in [-0.4, -0.2) is 9.78 Å². The molecule has 2 rings (SSSR count). The molecule has 0 atom stereocenters. The SMILES string of the molecule is CCn1nc(C)cc1COc1ccc(CN)c(Cl)c1. The van der Waals surface area contributed by atoms with E-state index in [1.54, 1.807) is 6.07 Å². The molecule has 0 amide bonds. The number of aryl methyl sites for hydroxylation is 2. The average Bonchev–Trinajstić information content (AvgIpc) is 2.77. The second-order valence-electron chi connectivity index (χ2n) is 4.34. The first kappa shape index (κ1) is 13.9. The molecular weight excluding hydrogens is 262 g/mol. The number of nitrogens with two attached hydrogens (primary N) is 1. The van der Waals surface area contributed by atoms with E-state index in [1.807, 2.05) is 29.8 Å². The van der Waals surface area contributed by atoms with Gasteiger partial charge in [0.1, 0.15) is 12.4 Å². The monoisotopic (exact) mass is 279 g/mol. The molecule has 0 aliphatic heterocycles. The zero-order valence-electron chi connectivity index (χ0n) is 11.2. The quantitative estimate of drug-likeness (QED) is 0.916. The highest BCUT2D eigenvalue weighted by atomic mass is 35.5. The molecule has 5 heteroatoms. The van der Waals surface area contributed by atoms with Crippen LogP contribution in [0.25, 0.3) is 0 Å². The Morgan fingerprint density at radius 3 is 2.79 bits per heavy atom. The predicted octanol–water partition coefficient (Wildman–Crippen LogP) is 2.90. The van der Waals surface area contributed by atoms with Crippen LogP contribution in [0.4, 0.5) is 0 Å². The van der Waals surface area contributed by atoms with Gasteiger partial charge in [0.15, 0.2) is 0 Å². The molecule has 0 spiro atoms. The summed E-state index contributed by atoms with van der Waals surface area (Å²) in [5.74, 6) is 0.740. The highest BCUT2D eigenvalue weighted by Crippen LogP contribution is 2.23. The zero-order chi connectivity index (χ0) is 13.8. The van der Waals surface area contributed by atoms with Crippen molar-refractivity contribution in [2.24, 2.45) is 5.73 Å². The number of ether oxygens (including phenoxy) is 1. The predicted molar refractivity (Wildman–Crippen MR) is 76.3 cm³/mol. The standard InChI is InChI=1S/C14H18ClN3O/c1-3-18-12(6-10(2)17-18)9-19-13-5-4-11(8-16)14(15)7-13/h4-7H,3,8-9,16H2,1-2H3. The van der Waals surface area contributed by atoms with Crippen molar-refractivity contribution in [3.63, 3.8) is 0 Å². The Hall–Kier alpha value is -1.52. The second kappa shape index (κ2) is 6.08. The summed E-state index contributed by atoms with van der Waals surface area (Å²) >= 11 is 6.10. The zero-order valence-corrected chi connectivity index (χ0v) is 11.9. The maximum absolute atomic E-state index is 6.10. The Labute approximate surface area is 118 Å². The number of benzene rings is 1. The van der Waals surface area contributed by atoms with Gasteiger partial charge in [0.25, 0.3) is 0 Å². The van der Waals surface area contributed by atoms with Crippen molar-refractivity contribution >= 4 is 11.6 Å². The molecule has 0 fully saturated rings. The van der Waals surface area contributed by atoms with Crippen LogP contribution >= 0.6 is 11.6 Å². The summed E-state index contributed by atoms with van der Waals surface area (Å²) in [5, 5.41) is 5.02. The molecule has 102 valence electrons. The van der Waals surface area contributed by atoms with Crippen LogP contribution < -0.4 is 10.5 Å². The molecule has 0 radical (unpaired) electrons. The second-order valence-corrected chi connectivity index (χ2v) is 4.75. The van der Waals surface area contributed by atoms with Gasteiger partial charge in [-0.1, -0.05) is 17.7 Å². The van der Waals surface area contributed by atoms with Crippen LogP contribution in [0.1, 0.15) is 23.9 Å². The topological polar surface area (TPSA) is 53.1 Å². The van der Waals surface area contributed by atoms with Crippen LogP contribution in [0, 0.1) is 6.92 Å². The lowest BCUT2D eigenvalue weighted by Gasteiger charge is -2.09. The van der Waals surface area contributed by atoms with Crippen molar-refractivity contribution in [3.05, 3.63) is 46.2 Å². The van der Waals surface area contributed by atoms with Crippen LogP contribution in [0.15, 0.2) is 24.3 Å². The van der Waals surface area contributed by atoms with Gasteiger partial charge in [-0.15, -0.1) is 0 Å². The Morgan fingerprint density at radius 1 is 1.37 bits per heavy atom. The molecule has 0 aliphatic carbocycles. The summed E-state index contributed by atoms with van der Waals surface area (Å²) in [5.41, 5.74) is 8.54. The molecule has 19 heavy (non-hydrogen) atoms. The van der Waals surface area contributed by atoms with Crippen LogP contribution in [0.2, 0.25) is 5.02 Å². The van der Waals surface area contributed by atoms with E-state index in [9.17, 15) is 0 Å². The fourth-order valence-electron chi connectivity index (χ4n) is 1.93. The molecule has 0 unspecified atom stereocenters. The number of halogens is 1. The molecule has 0 aliphatic rings. The van der Waals surface area contributed by atoms with Crippen molar-refractivity contribution < 1.29 is 4.74 Å². The number of hydrogen-bond acceptors (Lipinski definition) is 3. The summed E-state index contributed by atoms with van der Waals surface area (Å²) in [6.45, 7) is 5.78. The summed E-state index contributed by atoms with van der Waals surface area (Å²) in [7, 11) is 0. The van der Waals surface area contributed by atoms with Crippen LogP contribution in [-0.2, 0) is 19.7 Å². The molecular formula is C14H18ClN3O. The highest BCUT2D eigenvalue weighted by Gasteiger charge is 2.06. The Balaban J connectivity index is 2.07. The molecule has 2 N–H and O–H groups in total.